The first kappa shape index (κ1) is 16.3. The molecule has 0 bridgehead atoms. The molecule has 1 aliphatic carbocycles. The molecule has 0 amide bonds. The molecule has 0 saturated heterocycles. The molecule has 2 heterocycles. The lowest BCUT2D eigenvalue weighted by atomic mass is 9.88. The van der Waals surface area contributed by atoms with E-state index < -0.39 is 0 Å². The number of para-hydroxylation sites is 1. The zero-order valence-electron chi connectivity index (χ0n) is 13.9. The molecule has 1 aromatic rings. The molecular formula is C20H20ClN3O. The van der Waals surface area contributed by atoms with Gasteiger partial charge in [0.2, 0.25) is 5.90 Å². The van der Waals surface area contributed by atoms with Crippen LogP contribution in [0.15, 0.2) is 69.3 Å². The predicted molar refractivity (Wildman–Crippen MR) is 102 cm³/mol. The van der Waals surface area contributed by atoms with Crippen molar-refractivity contribution < 1.29 is 4.74 Å². The SMILES string of the molecule is C=C1C=C(C2C=Nc3ccccc3C2)C(Cl)=CN=C1OC1CC(N)C1. The van der Waals surface area contributed by atoms with Crippen LogP contribution in [0.5, 0.6) is 0 Å². The first-order chi connectivity index (χ1) is 12.1. The van der Waals surface area contributed by atoms with E-state index in [1.807, 2.05) is 30.5 Å². The molecule has 2 N–H and O–H groups in total. The second-order valence-corrected chi connectivity index (χ2v) is 7.13. The summed E-state index contributed by atoms with van der Waals surface area (Å²) >= 11 is 6.49. The van der Waals surface area contributed by atoms with Crippen LogP contribution in [0.2, 0.25) is 0 Å². The van der Waals surface area contributed by atoms with Gasteiger partial charge < -0.3 is 10.5 Å². The van der Waals surface area contributed by atoms with E-state index in [1.54, 1.807) is 6.20 Å². The van der Waals surface area contributed by atoms with E-state index in [4.69, 9.17) is 22.1 Å². The maximum absolute atomic E-state index is 6.49. The van der Waals surface area contributed by atoms with E-state index in [9.17, 15) is 0 Å². The van der Waals surface area contributed by atoms with Crippen LogP contribution < -0.4 is 5.73 Å². The van der Waals surface area contributed by atoms with Crippen LogP contribution in [0.1, 0.15) is 18.4 Å². The highest BCUT2D eigenvalue weighted by molar-refractivity contribution is 6.32. The highest BCUT2D eigenvalue weighted by Crippen LogP contribution is 2.34. The number of hydrogen-bond acceptors (Lipinski definition) is 4. The summed E-state index contributed by atoms with van der Waals surface area (Å²) in [6.45, 7) is 4.11. The first-order valence-electron chi connectivity index (χ1n) is 8.49. The predicted octanol–water partition coefficient (Wildman–Crippen LogP) is 4.04. The van der Waals surface area contributed by atoms with E-state index >= 15 is 0 Å². The quantitative estimate of drug-likeness (QED) is 0.872. The Hall–Kier alpha value is -2.17. The molecule has 1 atom stereocenters. The molecule has 4 rings (SSSR count). The minimum Gasteiger partial charge on any atom is -0.474 e. The Morgan fingerprint density at radius 3 is 2.84 bits per heavy atom. The Morgan fingerprint density at radius 2 is 2.04 bits per heavy atom. The lowest BCUT2D eigenvalue weighted by Gasteiger charge is -2.32. The number of nitrogens with two attached hydrogens (primary N) is 1. The highest BCUT2D eigenvalue weighted by Gasteiger charge is 2.30. The smallest absolute Gasteiger partial charge is 0.220 e. The molecular weight excluding hydrogens is 334 g/mol. The molecule has 4 nitrogen and oxygen atoms in total. The van der Waals surface area contributed by atoms with Crippen molar-refractivity contribution in [3.05, 3.63) is 64.9 Å². The molecule has 1 fully saturated rings. The summed E-state index contributed by atoms with van der Waals surface area (Å²) in [6, 6.07) is 8.40. The minimum atomic E-state index is 0.0991. The van der Waals surface area contributed by atoms with E-state index in [2.05, 4.69) is 22.6 Å². The Bertz CT molecular complexity index is 831. The van der Waals surface area contributed by atoms with Gasteiger partial charge in [0.25, 0.3) is 0 Å². The number of benzene rings is 1. The van der Waals surface area contributed by atoms with Crippen molar-refractivity contribution in [2.24, 2.45) is 21.6 Å². The summed E-state index contributed by atoms with van der Waals surface area (Å²) in [4.78, 5) is 8.96. The fraction of sp³-hybridized carbons (Fsp3) is 0.300. The molecule has 1 saturated carbocycles. The molecule has 128 valence electrons. The summed E-state index contributed by atoms with van der Waals surface area (Å²) in [5.74, 6) is 0.625. The van der Waals surface area contributed by atoms with Crippen molar-refractivity contribution in [1.82, 2.24) is 0 Å². The largest absolute Gasteiger partial charge is 0.474 e. The maximum atomic E-state index is 6.49. The van der Waals surface area contributed by atoms with Crippen molar-refractivity contribution >= 4 is 29.4 Å². The molecule has 1 unspecified atom stereocenters. The highest BCUT2D eigenvalue weighted by atomic mass is 35.5. The Labute approximate surface area is 152 Å². The van der Waals surface area contributed by atoms with Gasteiger partial charge in [0.1, 0.15) is 6.10 Å². The van der Waals surface area contributed by atoms with E-state index in [-0.39, 0.29) is 18.1 Å². The molecule has 0 aromatic heterocycles. The molecule has 0 spiro atoms. The van der Waals surface area contributed by atoms with Gasteiger partial charge in [0.05, 0.1) is 10.7 Å². The van der Waals surface area contributed by atoms with Gasteiger partial charge in [-0.2, -0.15) is 0 Å². The van der Waals surface area contributed by atoms with Crippen molar-refractivity contribution in [1.29, 1.82) is 0 Å². The van der Waals surface area contributed by atoms with Gasteiger partial charge in [0.15, 0.2) is 0 Å². The van der Waals surface area contributed by atoms with E-state index in [0.29, 0.717) is 10.9 Å². The van der Waals surface area contributed by atoms with Crippen LogP contribution >= 0.6 is 11.6 Å². The topological polar surface area (TPSA) is 60.0 Å². The standard InChI is InChI=1S/C20H20ClN3O/c1-12-6-17(14-7-13-4-2-3-5-19(13)23-10-14)18(21)11-24-20(12)25-16-8-15(22)9-16/h2-6,10-11,14-16H,1,7-9,22H2. The number of aliphatic imine (C=N–C) groups is 2. The monoisotopic (exact) mass is 353 g/mol. The number of fused-ring (bicyclic) bond motifs is 1. The van der Waals surface area contributed by atoms with Crippen LogP contribution in [0.3, 0.4) is 0 Å². The van der Waals surface area contributed by atoms with Crippen LogP contribution in [0.25, 0.3) is 0 Å². The number of allylic oxidation sites excluding steroid dienone is 2. The molecule has 2 aliphatic heterocycles. The summed E-state index contributed by atoms with van der Waals surface area (Å²) in [5.41, 5.74) is 9.76. The number of ether oxygens (including phenoxy) is 1. The third kappa shape index (κ3) is 3.32. The fourth-order valence-electron chi connectivity index (χ4n) is 3.30. The summed E-state index contributed by atoms with van der Waals surface area (Å²) in [7, 11) is 0. The average molecular weight is 354 g/mol. The summed E-state index contributed by atoms with van der Waals surface area (Å²) in [6.07, 6.45) is 8.25. The molecule has 5 heteroatoms. The van der Waals surface area contributed by atoms with Gasteiger partial charge in [-0.15, -0.1) is 0 Å². The average Bonchev–Trinajstić information content (AvgIpc) is 2.73. The van der Waals surface area contributed by atoms with Crippen molar-refractivity contribution in [3.63, 3.8) is 0 Å². The normalized spacial score (nSPS) is 28.2. The number of rotatable bonds is 2. The van der Waals surface area contributed by atoms with Crippen molar-refractivity contribution in [3.8, 4) is 0 Å². The third-order valence-corrected chi connectivity index (χ3v) is 5.13. The van der Waals surface area contributed by atoms with E-state index in [1.165, 1.54) is 5.56 Å². The molecule has 0 radical (unpaired) electrons. The van der Waals surface area contributed by atoms with Crippen molar-refractivity contribution in [2.45, 2.75) is 31.4 Å². The van der Waals surface area contributed by atoms with Gasteiger partial charge in [-0.1, -0.05) is 36.4 Å². The van der Waals surface area contributed by atoms with Gasteiger partial charge in [-0.05, 0) is 42.5 Å². The summed E-state index contributed by atoms with van der Waals surface area (Å²) in [5, 5.41) is 0.598. The van der Waals surface area contributed by atoms with E-state index in [0.717, 1.165) is 36.1 Å². The molecule has 1 aromatic carbocycles. The third-order valence-electron chi connectivity index (χ3n) is 4.81. The Morgan fingerprint density at radius 1 is 1.24 bits per heavy atom. The lowest BCUT2D eigenvalue weighted by Crippen LogP contribution is -2.42. The Kier molecular flexibility index (Phi) is 4.32. The lowest BCUT2D eigenvalue weighted by molar-refractivity contribution is 0.0902. The zero-order valence-corrected chi connectivity index (χ0v) is 14.6. The second-order valence-electron chi connectivity index (χ2n) is 6.73. The number of hydrogen-bond donors (Lipinski definition) is 1. The van der Waals surface area contributed by atoms with Gasteiger partial charge >= 0.3 is 0 Å². The molecule has 25 heavy (non-hydrogen) atoms. The zero-order chi connectivity index (χ0) is 17.4. The minimum absolute atomic E-state index is 0.0991. The first-order valence-corrected chi connectivity index (χ1v) is 8.87. The van der Waals surface area contributed by atoms with Crippen molar-refractivity contribution in [2.75, 3.05) is 0 Å². The maximum Gasteiger partial charge on any atom is 0.220 e. The molecule has 3 aliphatic rings. The number of halogens is 1. The van der Waals surface area contributed by atoms with Crippen LogP contribution in [-0.4, -0.2) is 24.3 Å². The van der Waals surface area contributed by atoms with Crippen LogP contribution in [-0.2, 0) is 11.2 Å². The second kappa shape index (κ2) is 6.62. The number of nitrogens with zero attached hydrogens (tertiary/aromatic N) is 2. The Balaban J connectivity index is 1.54. The van der Waals surface area contributed by atoms with Gasteiger partial charge in [0, 0.05) is 29.9 Å². The van der Waals surface area contributed by atoms with Crippen LogP contribution in [0.4, 0.5) is 5.69 Å². The van der Waals surface area contributed by atoms with Crippen LogP contribution in [0, 0.1) is 5.92 Å². The van der Waals surface area contributed by atoms with Gasteiger partial charge in [-0.3, -0.25) is 4.99 Å². The summed E-state index contributed by atoms with van der Waals surface area (Å²) < 4.78 is 5.92. The fourth-order valence-corrected chi connectivity index (χ4v) is 3.54. The van der Waals surface area contributed by atoms with Gasteiger partial charge in [-0.25, -0.2) is 4.99 Å².